The number of aromatic nitrogens is 3. The van der Waals surface area contributed by atoms with E-state index in [1.54, 1.807) is 56.7 Å². The molecule has 0 aliphatic carbocycles. The molecule has 4 aromatic rings. The molecule has 0 radical (unpaired) electrons. The van der Waals surface area contributed by atoms with E-state index in [2.05, 4.69) is 26.3 Å². The van der Waals surface area contributed by atoms with Crippen LogP contribution in [0.15, 0.2) is 67.1 Å². The van der Waals surface area contributed by atoms with E-state index < -0.39 is 19.0 Å². The Morgan fingerprint density at radius 1 is 1.03 bits per heavy atom. The molecule has 10 heteroatoms. The van der Waals surface area contributed by atoms with Gasteiger partial charge in [0.25, 0.3) is 0 Å². The Labute approximate surface area is 212 Å². The molecule has 0 saturated heterocycles. The van der Waals surface area contributed by atoms with E-state index in [-0.39, 0.29) is 11.1 Å². The van der Waals surface area contributed by atoms with Crippen LogP contribution in [0.2, 0.25) is 5.02 Å². The summed E-state index contributed by atoms with van der Waals surface area (Å²) in [6.45, 7) is 3.03. The predicted octanol–water partition coefficient (Wildman–Crippen LogP) is 5.65. The number of halogens is 1. The highest BCUT2D eigenvalue weighted by atomic mass is 35.5. The van der Waals surface area contributed by atoms with Gasteiger partial charge >= 0.3 is 6.16 Å². The molecule has 4 rings (SSSR count). The summed E-state index contributed by atoms with van der Waals surface area (Å²) in [5, 5.41) is 13.9. The van der Waals surface area contributed by atoms with Gasteiger partial charge in [-0.15, -0.1) is 0 Å². The summed E-state index contributed by atoms with van der Waals surface area (Å²) in [5.41, 5.74) is 2.08. The molecule has 0 aliphatic rings. The number of rotatable bonds is 8. The molecule has 0 aliphatic heterocycles. The minimum absolute atomic E-state index is 0.275. The lowest BCUT2D eigenvalue weighted by Crippen LogP contribution is -2.19. The van der Waals surface area contributed by atoms with Crippen LogP contribution in [-0.2, 0) is 9.47 Å². The average Bonchev–Trinajstić information content (AvgIpc) is 2.88. The van der Waals surface area contributed by atoms with Crippen molar-refractivity contribution in [3.8, 4) is 11.8 Å². The van der Waals surface area contributed by atoms with Crippen molar-refractivity contribution in [2.45, 2.75) is 26.0 Å². The Morgan fingerprint density at radius 2 is 1.81 bits per heavy atom. The molecule has 1 atom stereocenters. The lowest BCUT2D eigenvalue weighted by molar-refractivity contribution is -0.00807. The standard InChI is InChI=1S/C26H22ClN5O4/c1-16(2)36-26(33)35-15-34-24-20(10-9-17-7-4-11-29-22(17)24)23(32-25-30-12-5-13-31-25)19-8-3-6-18(14-28)21(19)27/h3-13,16,23H,15H2,1-2H3,(H,30,31,32). The number of nitrogens with zero attached hydrogens (tertiary/aromatic N) is 4. The molecular weight excluding hydrogens is 482 g/mol. The zero-order chi connectivity index (χ0) is 25.5. The Balaban J connectivity index is 1.81. The van der Waals surface area contributed by atoms with Crippen molar-refractivity contribution in [1.29, 1.82) is 5.26 Å². The number of nitriles is 1. The lowest BCUT2D eigenvalue weighted by Gasteiger charge is -2.24. The van der Waals surface area contributed by atoms with Crippen LogP contribution in [0.3, 0.4) is 0 Å². The van der Waals surface area contributed by atoms with Gasteiger partial charge in [-0.25, -0.2) is 14.8 Å². The van der Waals surface area contributed by atoms with Crippen molar-refractivity contribution in [2.75, 3.05) is 12.1 Å². The van der Waals surface area contributed by atoms with Gasteiger partial charge < -0.3 is 19.5 Å². The first-order valence-corrected chi connectivity index (χ1v) is 11.4. The molecule has 1 N–H and O–H groups in total. The second kappa shape index (κ2) is 11.3. The summed E-state index contributed by atoms with van der Waals surface area (Å²) in [6.07, 6.45) is 3.66. The highest BCUT2D eigenvalue weighted by Crippen LogP contribution is 2.39. The molecule has 0 fully saturated rings. The first-order valence-electron chi connectivity index (χ1n) is 11.0. The van der Waals surface area contributed by atoms with Crippen molar-refractivity contribution < 1.29 is 19.0 Å². The predicted molar refractivity (Wildman–Crippen MR) is 134 cm³/mol. The number of nitrogens with one attached hydrogen (secondary N) is 1. The van der Waals surface area contributed by atoms with E-state index in [0.29, 0.717) is 33.9 Å². The summed E-state index contributed by atoms with van der Waals surface area (Å²) in [6, 6.07) is 15.8. The highest BCUT2D eigenvalue weighted by Gasteiger charge is 2.25. The van der Waals surface area contributed by atoms with Crippen molar-refractivity contribution in [1.82, 2.24) is 15.0 Å². The largest absolute Gasteiger partial charge is 0.511 e. The van der Waals surface area contributed by atoms with Crippen molar-refractivity contribution >= 4 is 34.6 Å². The Hall–Kier alpha value is -4.42. The second-order valence-electron chi connectivity index (χ2n) is 7.85. The topological polar surface area (TPSA) is 119 Å². The summed E-state index contributed by atoms with van der Waals surface area (Å²) in [4.78, 5) is 24.9. The molecule has 2 aromatic carbocycles. The molecule has 2 aromatic heterocycles. The molecule has 0 saturated carbocycles. The highest BCUT2D eigenvalue weighted by molar-refractivity contribution is 6.32. The van der Waals surface area contributed by atoms with E-state index in [1.807, 2.05) is 24.3 Å². The van der Waals surface area contributed by atoms with Crippen molar-refractivity contribution in [3.05, 3.63) is 88.8 Å². The molecule has 9 nitrogen and oxygen atoms in total. The number of anilines is 1. The van der Waals surface area contributed by atoms with E-state index in [9.17, 15) is 10.1 Å². The fourth-order valence-electron chi connectivity index (χ4n) is 3.56. The van der Waals surface area contributed by atoms with Crippen molar-refractivity contribution in [3.63, 3.8) is 0 Å². The molecule has 1 unspecified atom stereocenters. The van der Waals surface area contributed by atoms with Gasteiger partial charge in [-0.2, -0.15) is 5.26 Å². The van der Waals surface area contributed by atoms with E-state index >= 15 is 0 Å². The Kier molecular flexibility index (Phi) is 7.78. The molecule has 0 amide bonds. The van der Waals surface area contributed by atoms with E-state index in [0.717, 1.165) is 5.39 Å². The second-order valence-corrected chi connectivity index (χ2v) is 8.23. The smallest absolute Gasteiger partial charge is 0.455 e. The minimum atomic E-state index is -0.850. The summed E-state index contributed by atoms with van der Waals surface area (Å²) in [5.74, 6) is 0.696. The Bertz CT molecular complexity index is 1410. The molecular formula is C26H22ClN5O4. The zero-order valence-corrected chi connectivity index (χ0v) is 20.3. The van der Waals surface area contributed by atoms with Gasteiger partial charge in [-0.1, -0.05) is 41.9 Å². The van der Waals surface area contributed by atoms with Crippen molar-refractivity contribution in [2.24, 2.45) is 0 Å². The van der Waals surface area contributed by atoms with Gasteiger partial charge in [0.05, 0.1) is 22.7 Å². The molecule has 0 spiro atoms. The van der Waals surface area contributed by atoms with Crippen LogP contribution in [0, 0.1) is 11.3 Å². The molecule has 182 valence electrons. The number of pyridine rings is 1. The van der Waals surface area contributed by atoms with Gasteiger partial charge in [0, 0.05) is 29.5 Å². The number of ether oxygens (including phenoxy) is 3. The number of hydrogen-bond donors (Lipinski definition) is 1. The van der Waals surface area contributed by atoms with Gasteiger partial charge in [0.1, 0.15) is 11.6 Å². The van der Waals surface area contributed by atoms with Crippen LogP contribution in [0.4, 0.5) is 10.7 Å². The lowest BCUT2D eigenvalue weighted by atomic mass is 9.95. The summed E-state index contributed by atoms with van der Waals surface area (Å²) >= 11 is 6.64. The van der Waals surface area contributed by atoms with E-state index in [4.69, 9.17) is 25.8 Å². The summed E-state index contributed by atoms with van der Waals surface area (Å²) in [7, 11) is 0. The number of carbonyl (C=O) groups is 1. The fourth-order valence-corrected chi connectivity index (χ4v) is 3.84. The monoisotopic (exact) mass is 503 g/mol. The minimum Gasteiger partial charge on any atom is -0.455 e. The average molecular weight is 504 g/mol. The van der Waals surface area contributed by atoms with Gasteiger partial charge in [-0.05, 0) is 37.6 Å². The van der Waals surface area contributed by atoms with Crippen LogP contribution >= 0.6 is 11.6 Å². The third-order valence-electron chi connectivity index (χ3n) is 5.08. The van der Waals surface area contributed by atoms with Gasteiger partial charge in [-0.3, -0.25) is 4.98 Å². The maximum atomic E-state index is 11.9. The zero-order valence-electron chi connectivity index (χ0n) is 19.5. The van der Waals surface area contributed by atoms with Crippen LogP contribution < -0.4 is 10.1 Å². The number of fused-ring (bicyclic) bond motifs is 1. The third-order valence-corrected chi connectivity index (χ3v) is 5.50. The summed E-state index contributed by atoms with van der Waals surface area (Å²) < 4.78 is 16.1. The van der Waals surface area contributed by atoms with Crippen LogP contribution in [-0.4, -0.2) is 34.0 Å². The maximum absolute atomic E-state index is 11.9. The van der Waals surface area contributed by atoms with E-state index in [1.165, 1.54) is 0 Å². The molecule has 2 heterocycles. The molecule has 36 heavy (non-hydrogen) atoms. The van der Waals surface area contributed by atoms with Crippen LogP contribution in [0.1, 0.15) is 36.6 Å². The quantitative estimate of drug-likeness (QED) is 0.240. The maximum Gasteiger partial charge on any atom is 0.511 e. The van der Waals surface area contributed by atoms with Crippen LogP contribution in [0.25, 0.3) is 10.9 Å². The fraction of sp³-hybridized carbons (Fsp3) is 0.192. The van der Waals surface area contributed by atoms with Gasteiger partial charge in [0.2, 0.25) is 12.7 Å². The normalized spacial score (nSPS) is 11.5. The first kappa shape index (κ1) is 24.7. The molecule has 0 bridgehead atoms. The van der Waals surface area contributed by atoms with Crippen LogP contribution in [0.5, 0.6) is 5.75 Å². The number of hydrogen-bond acceptors (Lipinski definition) is 9. The first-order chi connectivity index (χ1) is 17.5. The SMILES string of the molecule is CC(C)OC(=O)OCOc1c(C(Nc2ncccn2)c2cccc(C#N)c2Cl)ccc2cccnc12. The van der Waals surface area contributed by atoms with Gasteiger partial charge in [0.15, 0.2) is 5.75 Å². The third kappa shape index (κ3) is 5.62. The Morgan fingerprint density at radius 3 is 2.56 bits per heavy atom. The number of carbonyl (C=O) groups excluding carboxylic acids is 1. The number of benzene rings is 2.